The molecule has 1 fully saturated rings. The fraction of sp³-hybridized carbons (Fsp3) is 0.875. The van der Waals surface area contributed by atoms with Crippen LogP contribution in [0.3, 0.4) is 0 Å². The maximum absolute atomic E-state index is 9.18. The molecule has 1 aliphatic rings. The van der Waals surface area contributed by atoms with Crippen LogP contribution in [-0.2, 0) is 9.53 Å². The van der Waals surface area contributed by atoms with Gasteiger partial charge in [-0.2, -0.15) is 0 Å². The average molecular weight is 160 g/mol. The maximum Gasteiger partial charge on any atom is 0.293 e. The lowest BCUT2D eigenvalue weighted by molar-refractivity contribution is -0.128. The molecule has 1 saturated carbocycles. The first-order chi connectivity index (χ1) is 5.12. The minimum absolute atomic E-state index is 0.278. The molecule has 0 saturated heterocycles. The van der Waals surface area contributed by atoms with Gasteiger partial charge in [-0.1, -0.05) is 0 Å². The first-order valence-corrected chi connectivity index (χ1v) is 3.90. The van der Waals surface area contributed by atoms with Crippen LogP contribution in [0.2, 0.25) is 0 Å². The molecule has 0 heterocycles. The molecule has 0 atom stereocenters. The molecular weight excluding hydrogens is 144 g/mol. The third-order valence-corrected chi connectivity index (χ3v) is 1.67. The third-order valence-electron chi connectivity index (χ3n) is 1.67. The largest absolute Gasteiger partial charge is 0.468 e. The van der Waals surface area contributed by atoms with Gasteiger partial charge in [-0.15, -0.1) is 0 Å². The lowest BCUT2D eigenvalue weighted by atomic mass is 9.82. The highest BCUT2D eigenvalue weighted by molar-refractivity contribution is 5.36. The summed E-state index contributed by atoms with van der Waals surface area (Å²) in [5.41, 5.74) is -0.278. The molecule has 1 rings (SSSR count). The van der Waals surface area contributed by atoms with Crippen molar-refractivity contribution >= 4 is 6.47 Å². The highest BCUT2D eigenvalue weighted by Crippen LogP contribution is 2.29. The van der Waals surface area contributed by atoms with Crippen molar-refractivity contribution in [2.75, 3.05) is 6.61 Å². The van der Waals surface area contributed by atoms with Crippen LogP contribution in [0.25, 0.3) is 0 Å². The summed E-state index contributed by atoms with van der Waals surface area (Å²) < 4.78 is 4.15. The zero-order chi connectivity index (χ0) is 8.74. The van der Waals surface area contributed by atoms with Crippen molar-refractivity contribution in [1.29, 1.82) is 0 Å². The quantitative estimate of drug-likeness (QED) is 0.615. The molecule has 11 heavy (non-hydrogen) atoms. The number of hydrogen-bond donors (Lipinski definition) is 1. The van der Waals surface area contributed by atoms with Gasteiger partial charge in [0.2, 0.25) is 0 Å². The lowest BCUT2D eigenvalue weighted by Gasteiger charge is -2.31. The van der Waals surface area contributed by atoms with Crippen molar-refractivity contribution in [3.05, 3.63) is 0 Å². The Morgan fingerprint density at radius 3 is 2.09 bits per heavy atom. The summed E-state index contributed by atoms with van der Waals surface area (Å²) in [5, 5.41) is 8.91. The summed E-state index contributed by atoms with van der Waals surface area (Å²) in [6.45, 7) is 4.55. The first kappa shape index (κ1) is 10.4. The van der Waals surface area contributed by atoms with Crippen molar-refractivity contribution in [2.45, 2.75) is 38.7 Å². The van der Waals surface area contributed by atoms with Gasteiger partial charge in [0.1, 0.15) is 0 Å². The molecule has 3 nitrogen and oxygen atoms in total. The van der Waals surface area contributed by atoms with E-state index in [0.29, 0.717) is 13.1 Å². The SMILES string of the molecule is CC1(O)CCC1.CCOC=O. The summed E-state index contributed by atoms with van der Waals surface area (Å²) >= 11 is 0. The lowest BCUT2D eigenvalue weighted by Crippen LogP contribution is -2.32. The van der Waals surface area contributed by atoms with Gasteiger partial charge >= 0.3 is 0 Å². The van der Waals surface area contributed by atoms with Crippen molar-refractivity contribution in [3.8, 4) is 0 Å². The highest BCUT2D eigenvalue weighted by Gasteiger charge is 2.27. The van der Waals surface area contributed by atoms with Gasteiger partial charge in [-0.05, 0) is 33.1 Å². The van der Waals surface area contributed by atoms with Gasteiger partial charge in [0, 0.05) is 0 Å². The summed E-state index contributed by atoms with van der Waals surface area (Å²) in [6, 6.07) is 0. The van der Waals surface area contributed by atoms with Crippen molar-refractivity contribution < 1.29 is 14.6 Å². The van der Waals surface area contributed by atoms with Gasteiger partial charge in [0.05, 0.1) is 12.2 Å². The summed E-state index contributed by atoms with van der Waals surface area (Å²) in [6.07, 6.45) is 3.23. The summed E-state index contributed by atoms with van der Waals surface area (Å²) in [5.74, 6) is 0. The second-order valence-corrected chi connectivity index (χ2v) is 2.90. The predicted octanol–water partition coefficient (Wildman–Crippen LogP) is 1.10. The number of rotatable bonds is 2. The van der Waals surface area contributed by atoms with Gasteiger partial charge in [-0.25, -0.2) is 0 Å². The Morgan fingerprint density at radius 1 is 1.64 bits per heavy atom. The van der Waals surface area contributed by atoms with Gasteiger partial charge < -0.3 is 9.84 Å². The Labute approximate surface area is 67.4 Å². The van der Waals surface area contributed by atoms with E-state index in [2.05, 4.69) is 4.74 Å². The fourth-order valence-electron chi connectivity index (χ4n) is 0.756. The molecular formula is C8H16O3. The van der Waals surface area contributed by atoms with E-state index in [1.54, 1.807) is 6.92 Å². The normalized spacial score (nSPS) is 18.8. The highest BCUT2D eigenvalue weighted by atomic mass is 16.5. The van der Waals surface area contributed by atoms with E-state index in [4.69, 9.17) is 5.11 Å². The zero-order valence-corrected chi connectivity index (χ0v) is 7.17. The van der Waals surface area contributed by atoms with Crippen LogP contribution < -0.4 is 0 Å². The number of hydrogen-bond acceptors (Lipinski definition) is 3. The zero-order valence-electron chi connectivity index (χ0n) is 7.17. The molecule has 0 radical (unpaired) electrons. The minimum Gasteiger partial charge on any atom is -0.468 e. The second-order valence-electron chi connectivity index (χ2n) is 2.90. The predicted molar refractivity (Wildman–Crippen MR) is 42.2 cm³/mol. The number of aliphatic hydroxyl groups is 1. The Morgan fingerprint density at radius 2 is 2.09 bits per heavy atom. The molecule has 0 unspecified atom stereocenters. The molecule has 0 aromatic heterocycles. The van der Waals surface area contributed by atoms with Crippen LogP contribution in [0.15, 0.2) is 0 Å². The molecule has 0 aromatic carbocycles. The standard InChI is InChI=1S/C5H10O.C3H6O2/c1-5(6)3-2-4-5;1-2-5-3-4/h6H,2-4H2,1H3;3H,2H2,1H3. The van der Waals surface area contributed by atoms with Crippen LogP contribution >= 0.6 is 0 Å². The summed E-state index contributed by atoms with van der Waals surface area (Å²) in [7, 11) is 0. The topological polar surface area (TPSA) is 46.5 Å². The van der Waals surface area contributed by atoms with Crippen molar-refractivity contribution in [2.24, 2.45) is 0 Å². The van der Waals surface area contributed by atoms with E-state index in [-0.39, 0.29) is 5.60 Å². The van der Waals surface area contributed by atoms with E-state index in [0.717, 1.165) is 12.8 Å². The van der Waals surface area contributed by atoms with Crippen LogP contribution in [-0.4, -0.2) is 23.8 Å². The molecule has 1 aliphatic carbocycles. The Balaban J connectivity index is 0.000000187. The van der Waals surface area contributed by atoms with E-state index in [1.165, 1.54) is 6.42 Å². The number of carbonyl (C=O) groups is 1. The monoisotopic (exact) mass is 160 g/mol. The van der Waals surface area contributed by atoms with Crippen molar-refractivity contribution in [3.63, 3.8) is 0 Å². The van der Waals surface area contributed by atoms with E-state index < -0.39 is 0 Å². The molecule has 0 spiro atoms. The van der Waals surface area contributed by atoms with Crippen LogP contribution in [0.1, 0.15) is 33.1 Å². The third kappa shape index (κ3) is 5.85. The minimum atomic E-state index is -0.278. The second kappa shape index (κ2) is 5.13. The number of carbonyl (C=O) groups excluding carboxylic acids is 1. The van der Waals surface area contributed by atoms with Gasteiger partial charge in [-0.3, -0.25) is 4.79 Å². The van der Waals surface area contributed by atoms with Gasteiger partial charge in [0.25, 0.3) is 6.47 Å². The number of ether oxygens (including phenoxy) is 1. The van der Waals surface area contributed by atoms with Crippen LogP contribution in [0, 0.1) is 0 Å². The van der Waals surface area contributed by atoms with E-state index in [1.807, 2.05) is 6.92 Å². The molecule has 0 amide bonds. The smallest absolute Gasteiger partial charge is 0.293 e. The molecule has 0 aliphatic heterocycles. The van der Waals surface area contributed by atoms with Crippen LogP contribution in [0.5, 0.6) is 0 Å². The molecule has 0 bridgehead atoms. The Hall–Kier alpha value is -0.570. The van der Waals surface area contributed by atoms with Gasteiger partial charge in [0.15, 0.2) is 0 Å². The van der Waals surface area contributed by atoms with Crippen molar-refractivity contribution in [1.82, 2.24) is 0 Å². The molecule has 66 valence electrons. The molecule has 0 aromatic rings. The van der Waals surface area contributed by atoms with E-state index in [9.17, 15) is 4.79 Å². The Bertz CT molecular complexity index is 104. The molecule has 1 N–H and O–H groups in total. The van der Waals surface area contributed by atoms with E-state index >= 15 is 0 Å². The molecule has 3 heteroatoms. The first-order valence-electron chi connectivity index (χ1n) is 3.90. The summed E-state index contributed by atoms with van der Waals surface area (Å²) in [4.78, 5) is 9.18. The maximum atomic E-state index is 9.18. The fourth-order valence-corrected chi connectivity index (χ4v) is 0.756. The Kier molecular flexibility index (Phi) is 4.86. The average Bonchev–Trinajstić information content (AvgIpc) is 1.88. The van der Waals surface area contributed by atoms with Crippen LogP contribution in [0.4, 0.5) is 0 Å².